The van der Waals surface area contributed by atoms with Gasteiger partial charge in [0.05, 0.1) is 25.3 Å². The van der Waals surface area contributed by atoms with E-state index in [1.807, 2.05) is 0 Å². The largest absolute Gasteiger partial charge is 0.497 e. The van der Waals surface area contributed by atoms with Crippen molar-refractivity contribution < 1.29 is 18.7 Å². The molecule has 2 aromatic rings. The topological polar surface area (TPSA) is 113 Å². The van der Waals surface area contributed by atoms with Gasteiger partial charge in [-0.15, -0.1) is 0 Å². The number of furan rings is 1. The quantitative estimate of drug-likeness (QED) is 0.825. The normalized spacial score (nSPS) is 22.1. The molecule has 2 N–H and O–H groups in total. The summed E-state index contributed by atoms with van der Waals surface area (Å²) < 4.78 is 11.3. The van der Waals surface area contributed by atoms with Crippen LogP contribution in [0.15, 0.2) is 22.6 Å². The molecule has 4 rings (SSSR count). The molecule has 0 saturated carbocycles. The van der Waals surface area contributed by atoms with Gasteiger partial charge in [0, 0.05) is 24.4 Å². The third-order valence-electron chi connectivity index (χ3n) is 5.89. The second-order valence-corrected chi connectivity index (χ2v) is 7.66. The number of rotatable bonds is 5. The van der Waals surface area contributed by atoms with Gasteiger partial charge in [-0.3, -0.25) is 14.5 Å². The zero-order valence-electron chi connectivity index (χ0n) is 16.4. The molecule has 1 aromatic carbocycles. The van der Waals surface area contributed by atoms with Crippen molar-refractivity contribution in [1.82, 2.24) is 9.80 Å². The van der Waals surface area contributed by atoms with Crippen LogP contribution in [0.3, 0.4) is 0 Å². The number of amides is 2. The van der Waals surface area contributed by atoms with Gasteiger partial charge in [-0.1, -0.05) is 0 Å². The summed E-state index contributed by atoms with van der Waals surface area (Å²) in [5.74, 6) is 0.638. The molecule has 29 heavy (non-hydrogen) atoms. The van der Waals surface area contributed by atoms with E-state index < -0.39 is 5.91 Å². The number of carbonyl (C=O) groups is 2. The average molecular weight is 396 g/mol. The molecule has 2 aliphatic heterocycles. The number of methoxy groups -OCH3 is 1. The van der Waals surface area contributed by atoms with Crippen molar-refractivity contribution in [2.45, 2.75) is 31.2 Å². The molecule has 0 aliphatic carbocycles. The van der Waals surface area contributed by atoms with Crippen LogP contribution in [-0.2, 0) is 4.79 Å². The predicted molar refractivity (Wildman–Crippen MR) is 105 cm³/mol. The molecule has 0 bridgehead atoms. The molecule has 0 spiro atoms. The molecule has 2 amide bonds. The summed E-state index contributed by atoms with van der Waals surface area (Å²) in [6, 6.07) is 7.21. The molecule has 2 aliphatic rings. The fourth-order valence-corrected chi connectivity index (χ4v) is 4.44. The summed E-state index contributed by atoms with van der Waals surface area (Å²) in [6.07, 6.45) is 2.39. The molecule has 152 valence electrons. The molecular formula is C21H24N4O4. The molecular weight excluding hydrogens is 372 g/mol. The fourth-order valence-electron chi connectivity index (χ4n) is 4.44. The highest BCUT2D eigenvalue weighted by atomic mass is 16.5. The monoisotopic (exact) mass is 396 g/mol. The maximum absolute atomic E-state index is 12.6. The number of hydrogen-bond donors (Lipinski definition) is 1. The fraction of sp³-hybridized carbons (Fsp3) is 0.476. The van der Waals surface area contributed by atoms with Crippen molar-refractivity contribution in [3.05, 3.63) is 29.5 Å². The Labute approximate surface area is 168 Å². The number of fused-ring (bicyclic) bond motifs is 1. The molecule has 8 nitrogen and oxygen atoms in total. The minimum Gasteiger partial charge on any atom is -0.497 e. The Balaban J connectivity index is 1.52. The highest BCUT2D eigenvalue weighted by molar-refractivity contribution is 6.07. The molecule has 0 unspecified atom stereocenters. The zero-order valence-corrected chi connectivity index (χ0v) is 16.4. The van der Waals surface area contributed by atoms with Crippen LogP contribution >= 0.6 is 0 Å². The Hall–Kier alpha value is -3.05. The van der Waals surface area contributed by atoms with Crippen LogP contribution in [0, 0.1) is 11.3 Å². The van der Waals surface area contributed by atoms with Crippen LogP contribution in [-0.4, -0.2) is 60.9 Å². The van der Waals surface area contributed by atoms with E-state index in [4.69, 9.17) is 14.9 Å². The Morgan fingerprint density at radius 2 is 2.17 bits per heavy atom. The van der Waals surface area contributed by atoms with Crippen molar-refractivity contribution in [3.63, 3.8) is 0 Å². The van der Waals surface area contributed by atoms with Gasteiger partial charge in [-0.2, -0.15) is 5.26 Å². The summed E-state index contributed by atoms with van der Waals surface area (Å²) in [7, 11) is 1.56. The number of nitrogens with zero attached hydrogens (tertiary/aromatic N) is 3. The van der Waals surface area contributed by atoms with E-state index in [2.05, 4.69) is 11.0 Å². The molecule has 8 heteroatoms. The second-order valence-electron chi connectivity index (χ2n) is 7.66. The average Bonchev–Trinajstić information content (AvgIpc) is 3.44. The minimum absolute atomic E-state index is 0.0147. The molecule has 0 radical (unpaired) electrons. The summed E-state index contributed by atoms with van der Waals surface area (Å²) in [6.45, 7) is 2.24. The number of nitriles is 1. The van der Waals surface area contributed by atoms with E-state index in [9.17, 15) is 14.9 Å². The van der Waals surface area contributed by atoms with E-state index >= 15 is 0 Å². The van der Waals surface area contributed by atoms with Gasteiger partial charge < -0.3 is 19.8 Å². The lowest BCUT2D eigenvalue weighted by Gasteiger charge is -2.23. The number of benzene rings is 1. The van der Waals surface area contributed by atoms with Gasteiger partial charge >= 0.3 is 0 Å². The molecule has 3 heterocycles. The van der Waals surface area contributed by atoms with Crippen LogP contribution in [0.5, 0.6) is 5.75 Å². The van der Waals surface area contributed by atoms with E-state index in [1.165, 1.54) is 0 Å². The lowest BCUT2D eigenvalue weighted by molar-refractivity contribution is -0.132. The Morgan fingerprint density at radius 1 is 1.34 bits per heavy atom. The zero-order chi connectivity index (χ0) is 20.5. The molecule has 2 fully saturated rings. The SMILES string of the molecule is COc1ccc2oc([C@H]3CCN(CC(=O)N4CCC[C@H]4C#N)C3)c(C(N)=O)c2c1. The van der Waals surface area contributed by atoms with Crippen molar-refractivity contribution in [3.8, 4) is 11.8 Å². The van der Waals surface area contributed by atoms with Crippen molar-refractivity contribution in [1.29, 1.82) is 5.26 Å². The standard InChI is InChI=1S/C21H24N4O4/c1-28-15-4-5-17-16(9-15)19(21(23)27)20(29-17)13-6-8-24(11-13)12-18(26)25-7-2-3-14(25)10-22/h4-5,9,13-14H,2-3,6-8,11-12H2,1H3,(H2,23,27)/t13-,14-/m0/s1. The number of primary amides is 1. The number of likely N-dealkylation sites (tertiary alicyclic amines) is 2. The first-order chi connectivity index (χ1) is 14.0. The third kappa shape index (κ3) is 3.54. The Kier molecular flexibility index (Phi) is 5.16. The van der Waals surface area contributed by atoms with Gasteiger partial charge in [0.15, 0.2) is 0 Å². The number of ether oxygens (including phenoxy) is 1. The summed E-state index contributed by atoms with van der Waals surface area (Å²) >= 11 is 0. The highest BCUT2D eigenvalue weighted by Crippen LogP contribution is 2.37. The summed E-state index contributed by atoms with van der Waals surface area (Å²) in [5.41, 5.74) is 6.65. The minimum atomic E-state index is -0.532. The third-order valence-corrected chi connectivity index (χ3v) is 5.89. The van der Waals surface area contributed by atoms with Crippen LogP contribution in [0.2, 0.25) is 0 Å². The molecule has 2 saturated heterocycles. The van der Waals surface area contributed by atoms with E-state index in [1.54, 1.807) is 30.2 Å². The van der Waals surface area contributed by atoms with E-state index in [0.29, 0.717) is 41.1 Å². The van der Waals surface area contributed by atoms with Crippen molar-refractivity contribution in [2.24, 2.45) is 5.73 Å². The lowest BCUT2D eigenvalue weighted by atomic mass is 9.99. The maximum atomic E-state index is 12.6. The van der Waals surface area contributed by atoms with Gasteiger partial charge in [0.25, 0.3) is 5.91 Å². The predicted octanol–water partition coefficient (Wildman–Crippen LogP) is 1.84. The van der Waals surface area contributed by atoms with Crippen LogP contribution in [0.1, 0.15) is 41.3 Å². The van der Waals surface area contributed by atoms with Gasteiger partial charge in [0.2, 0.25) is 5.91 Å². The van der Waals surface area contributed by atoms with Crippen LogP contribution in [0.25, 0.3) is 11.0 Å². The number of nitrogens with two attached hydrogens (primary N) is 1. The molecule has 1 aromatic heterocycles. The van der Waals surface area contributed by atoms with Gasteiger partial charge in [-0.25, -0.2) is 0 Å². The Morgan fingerprint density at radius 3 is 2.90 bits per heavy atom. The van der Waals surface area contributed by atoms with Crippen LogP contribution in [0.4, 0.5) is 0 Å². The maximum Gasteiger partial charge on any atom is 0.252 e. The van der Waals surface area contributed by atoms with Gasteiger partial charge in [0.1, 0.15) is 23.1 Å². The first kappa shape index (κ1) is 19.3. The summed E-state index contributed by atoms with van der Waals surface area (Å²) in [5, 5.41) is 9.85. The molecule has 2 atom stereocenters. The van der Waals surface area contributed by atoms with Crippen molar-refractivity contribution in [2.75, 3.05) is 33.3 Å². The summed E-state index contributed by atoms with van der Waals surface area (Å²) in [4.78, 5) is 28.5. The Bertz CT molecular complexity index is 992. The lowest BCUT2D eigenvalue weighted by Crippen LogP contribution is -2.41. The smallest absolute Gasteiger partial charge is 0.252 e. The van der Waals surface area contributed by atoms with Gasteiger partial charge in [-0.05, 0) is 44.0 Å². The first-order valence-corrected chi connectivity index (χ1v) is 9.83. The van der Waals surface area contributed by atoms with Crippen molar-refractivity contribution >= 4 is 22.8 Å². The van der Waals surface area contributed by atoms with E-state index in [-0.39, 0.29) is 24.4 Å². The van der Waals surface area contributed by atoms with E-state index in [0.717, 1.165) is 25.8 Å². The van der Waals surface area contributed by atoms with Crippen LogP contribution < -0.4 is 10.5 Å². The first-order valence-electron chi connectivity index (χ1n) is 9.83. The highest BCUT2D eigenvalue weighted by Gasteiger charge is 2.34. The second kappa shape index (κ2) is 7.76. The number of hydrogen-bond acceptors (Lipinski definition) is 6. The number of carbonyl (C=O) groups excluding carboxylic acids is 2.